The topological polar surface area (TPSA) is 28.7 Å². The third-order valence-corrected chi connectivity index (χ3v) is 3.43. The normalized spacial score (nSPS) is 10.9. The molecule has 0 amide bonds. The zero-order valence-electron chi connectivity index (χ0n) is 10.4. The fourth-order valence-electron chi connectivity index (χ4n) is 2.33. The number of imidazole rings is 1. The highest BCUT2D eigenvalue weighted by Gasteiger charge is 2.05. The summed E-state index contributed by atoms with van der Waals surface area (Å²) in [6.07, 6.45) is 4.93. The van der Waals surface area contributed by atoms with Crippen LogP contribution in [0.5, 0.6) is 0 Å². The lowest BCUT2D eigenvalue weighted by Gasteiger charge is -2.06. The van der Waals surface area contributed by atoms with Crippen molar-refractivity contribution in [3.8, 4) is 0 Å². The molecule has 0 aliphatic heterocycles. The monoisotopic (exact) mass is 235 g/mol. The van der Waals surface area contributed by atoms with Crippen molar-refractivity contribution in [2.75, 3.05) is 0 Å². The minimum Gasteiger partial charge on any atom is -0.335 e. The molecule has 1 N–H and O–H groups in total. The summed E-state index contributed by atoms with van der Waals surface area (Å²) in [6.45, 7) is 2.14. The Bertz CT molecular complexity index is 653. The van der Waals surface area contributed by atoms with E-state index in [1.165, 1.54) is 16.7 Å². The smallest absolute Gasteiger partial charge is 0.174 e. The van der Waals surface area contributed by atoms with Crippen molar-refractivity contribution < 1.29 is 0 Å². The molecule has 3 aromatic rings. The third-order valence-electron chi connectivity index (χ3n) is 3.43. The van der Waals surface area contributed by atoms with E-state index in [0.29, 0.717) is 0 Å². The lowest BCUT2D eigenvalue weighted by molar-refractivity contribution is 0.952. The highest BCUT2D eigenvalue weighted by Crippen LogP contribution is 2.19. The van der Waals surface area contributed by atoms with Gasteiger partial charge >= 0.3 is 0 Å². The highest BCUT2D eigenvalue weighted by atomic mass is 14.9. The van der Waals surface area contributed by atoms with Gasteiger partial charge in [-0.2, -0.15) is 0 Å². The number of aromatic amines is 1. The first-order chi connectivity index (χ1) is 8.84. The Balaban J connectivity index is 1.84. The van der Waals surface area contributed by atoms with Gasteiger partial charge in [-0.1, -0.05) is 36.4 Å². The van der Waals surface area contributed by atoms with E-state index in [1.807, 2.05) is 0 Å². The average Bonchev–Trinajstić information content (AvgIpc) is 2.88. The molecular formula is C16H15N2. The van der Waals surface area contributed by atoms with E-state index in [-0.39, 0.29) is 0 Å². The Morgan fingerprint density at radius 3 is 2.72 bits per heavy atom. The van der Waals surface area contributed by atoms with Crippen molar-refractivity contribution in [2.45, 2.75) is 19.8 Å². The Morgan fingerprint density at radius 1 is 1.06 bits per heavy atom. The Morgan fingerprint density at radius 2 is 1.89 bits per heavy atom. The molecule has 2 nitrogen and oxygen atoms in total. The molecule has 0 saturated heterocycles. The number of benzene rings is 2. The molecule has 0 aliphatic rings. The molecule has 89 valence electrons. The van der Waals surface area contributed by atoms with Gasteiger partial charge in [0.1, 0.15) is 0 Å². The summed E-state index contributed by atoms with van der Waals surface area (Å²) >= 11 is 0. The number of hydrogen-bond acceptors (Lipinski definition) is 1. The van der Waals surface area contributed by atoms with E-state index >= 15 is 0 Å². The van der Waals surface area contributed by atoms with E-state index in [4.69, 9.17) is 0 Å². The van der Waals surface area contributed by atoms with Gasteiger partial charge in [-0.15, -0.1) is 0 Å². The van der Waals surface area contributed by atoms with Gasteiger partial charge in [0.25, 0.3) is 0 Å². The second-order valence-electron chi connectivity index (χ2n) is 4.58. The zero-order chi connectivity index (χ0) is 12.4. The maximum absolute atomic E-state index is 4.25. The first-order valence-corrected chi connectivity index (χ1v) is 6.23. The minimum absolute atomic E-state index is 1.04. The maximum Gasteiger partial charge on any atom is 0.174 e. The number of hydrogen-bond donors (Lipinski definition) is 1. The first-order valence-electron chi connectivity index (χ1n) is 6.23. The first kappa shape index (κ1) is 11.0. The lowest BCUT2D eigenvalue weighted by atomic mass is 9.99. The van der Waals surface area contributed by atoms with Crippen LogP contribution in [0, 0.1) is 13.3 Å². The number of rotatable bonds is 3. The average molecular weight is 235 g/mol. The second-order valence-corrected chi connectivity index (χ2v) is 4.58. The number of H-pyrrole nitrogens is 1. The molecule has 18 heavy (non-hydrogen) atoms. The summed E-state index contributed by atoms with van der Waals surface area (Å²) in [4.78, 5) is 7.28. The fraction of sp³-hybridized carbons (Fsp3) is 0.188. The zero-order valence-corrected chi connectivity index (χ0v) is 10.4. The molecule has 0 unspecified atom stereocenters. The molecular weight excluding hydrogens is 220 g/mol. The molecule has 0 aliphatic carbocycles. The van der Waals surface area contributed by atoms with Gasteiger partial charge in [0, 0.05) is 0 Å². The SMILES string of the molecule is Cc1c(CCc2ccccc2)ccc2[nH][c]nc12. The fourth-order valence-corrected chi connectivity index (χ4v) is 2.33. The molecule has 3 rings (SSSR count). The van der Waals surface area contributed by atoms with Gasteiger partial charge in [-0.25, -0.2) is 4.98 Å². The number of nitrogens with one attached hydrogen (secondary N) is 1. The van der Waals surface area contributed by atoms with Crippen LogP contribution < -0.4 is 0 Å². The Hall–Kier alpha value is -2.09. The van der Waals surface area contributed by atoms with Crippen molar-refractivity contribution in [1.29, 1.82) is 0 Å². The van der Waals surface area contributed by atoms with Crippen LogP contribution in [0.4, 0.5) is 0 Å². The largest absolute Gasteiger partial charge is 0.335 e. The predicted octanol–water partition coefficient (Wildman–Crippen LogP) is 3.46. The van der Waals surface area contributed by atoms with Gasteiger partial charge in [-0.05, 0) is 42.5 Å². The van der Waals surface area contributed by atoms with Gasteiger partial charge in [0.2, 0.25) is 0 Å². The molecule has 0 bridgehead atoms. The van der Waals surface area contributed by atoms with Gasteiger partial charge < -0.3 is 4.98 Å². The summed E-state index contributed by atoms with van der Waals surface area (Å²) in [7, 11) is 0. The molecule has 1 heterocycles. The van der Waals surface area contributed by atoms with E-state index in [9.17, 15) is 0 Å². The Kier molecular flexibility index (Phi) is 2.85. The predicted molar refractivity (Wildman–Crippen MR) is 73.5 cm³/mol. The minimum atomic E-state index is 1.04. The van der Waals surface area contributed by atoms with Crippen molar-refractivity contribution in [1.82, 2.24) is 9.97 Å². The standard InChI is InChI=1S/C16H15N2/c1-12-14(8-7-13-5-3-2-4-6-13)9-10-15-16(12)18-11-17-15/h2-6,9-10H,7-8H2,1H3,(H,17,18). The molecule has 0 atom stereocenters. The van der Waals surface area contributed by atoms with Crippen molar-refractivity contribution in [3.05, 3.63) is 65.5 Å². The third kappa shape index (κ3) is 2.02. The van der Waals surface area contributed by atoms with Gasteiger partial charge in [0.05, 0.1) is 11.0 Å². The summed E-state index contributed by atoms with van der Waals surface area (Å²) in [6, 6.07) is 14.9. The number of fused-ring (bicyclic) bond motifs is 1. The molecule has 0 fully saturated rings. The van der Waals surface area contributed by atoms with Gasteiger partial charge in [0.15, 0.2) is 6.33 Å². The quantitative estimate of drug-likeness (QED) is 0.740. The molecule has 2 aromatic carbocycles. The summed E-state index contributed by atoms with van der Waals surface area (Å²) in [5, 5.41) is 0. The number of aryl methyl sites for hydroxylation is 3. The summed E-state index contributed by atoms with van der Waals surface area (Å²) in [5.41, 5.74) is 6.12. The molecule has 0 spiro atoms. The van der Waals surface area contributed by atoms with Gasteiger partial charge in [-0.3, -0.25) is 0 Å². The Labute approximate surface area is 107 Å². The maximum atomic E-state index is 4.25. The highest BCUT2D eigenvalue weighted by molar-refractivity contribution is 5.79. The van der Waals surface area contributed by atoms with Crippen LogP contribution in [-0.2, 0) is 12.8 Å². The van der Waals surface area contributed by atoms with Crippen LogP contribution in [0.25, 0.3) is 11.0 Å². The van der Waals surface area contributed by atoms with E-state index in [0.717, 1.165) is 23.9 Å². The molecule has 2 heteroatoms. The van der Waals surface area contributed by atoms with Crippen LogP contribution in [0.1, 0.15) is 16.7 Å². The van der Waals surface area contributed by atoms with Crippen LogP contribution in [0.3, 0.4) is 0 Å². The van der Waals surface area contributed by atoms with Crippen LogP contribution in [-0.4, -0.2) is 9.97 Å². The molecule has 1 aromatic heterocycles. The number of nitrogens with zero attached hydrogens (tertiary/aromatic N) is 1. The van der Waals surface area contributed by atoms with E-state index in [1.54, 1.807) is 0 Å². The second kappa shape index (κ2) is 4.65. The van der Waals surface area contributed by atoms with Crippen LogP contribution >= 0.6 is 0 Å². The van der Waals surface area contributed by atoms with Crippen molar-refractivity contribution in [3.63, 3.8) is 0 Å². The van der Waals surface area contributed by atoms with E-state index < -0.39 is 0 Å². The van der Waals surface area contributed by atoms with Crippen molar-refractivity contribution >= 4 is 11.0 Å². The lowest BCUT2D eigenvalue weighted by Crippen LogP contribution is -1.94. The van der Waals surface area contributed by atoms with Crippen LogP contribution in [0.15, 0.2) is 42.5 Å². The number of aromatic nitrogens is 2. The molecule has 1 radical (unpaired) electrons. The van der Waals surface area contributed by atoms with Crippen molar-refractivity contribution in [2.24, 2.45) is 0 Å². The van der Waals surface area contributed by atoms with Crippen LogP contribution in [0.2, 0.25) is 0 Å². The van der Waals surface area contributed by atoms with E-state index in [2.05, 4.69) is 65.7 Å². The summed E-state index contributed by atoms with van der Waals surface area (Å²) < 4.78 is 0. The summed E-state index contributed by atoms with van der Waals surface area (Å²) in [5.74, 6) is 0. The molecule has 0 saturated carbocycles.